The number of carbonyl (C=O) groups excluding carboxylic acids is 1. The number of rotatable bonds is 5. The lowest BCUT2D eigenvalue weighted by Gasteiger charge is -2.10. The number of anilines is 1. The summed E-state index contributed by atoms with van der Waals surface area (Å²) in [5.41, 5.74) is -3.23. The van der Waals surface area contributed by atoms with Gasteiger partial charge in [0.2, 0.25) is 0 Å². The molecular weight excluding hydrogens is 431 g/mol. The van der Waals surface area contributed by atoms with E-state index in [4.69, 9.17) is 4.74 Å². The Hall–Kier alpha value is -3.66. The van der Waals surface area contributed by atoms with Gasteiger partial charge in [-0.1, -0.05) is 18.2 Å². The van der Waals surface area contributed by atoms with E-state index in [9.17, 15) is 22.8 Å². The van der Waals surface area contributed by atoms with Crippen LogP contribution in [0.3, 0.4) is 0 Å². The average molecular weight is 445 g/mol. The minimum atomic E-state index is -4.44. The van der Waals surface area contributed by atoms with Crippen LogP contribution in [0.4, 0.5) is 18.9 Å². The van der Waals surface area contributed by atoms with Crippen molar-refractivity contribution < 1.29 is 22.7 Å². The van der Waals surface area contributed by atoms with E-state index in [1.807, 2.05) is 0 Å². The molecule has 0 saturated carbocycles. The number of aromatic nitrogens is 2. The molecule has 1 heterocycles. The third-order valence-electron chi connectivity index (χ3n) is 4.16. The number of hydrogen-bond donors (Lipinski definition) is 3. The van der Waals surface area contributed by atoms with E-state index in [1.165, 1.54) is 24.3 Å². The van der Waals surface area contributed by atoms with Crippen LogP contribution in [0, 0.1) is 0 Å². The van der Waals surface area contributed by atoms with Gasteiger partial charge in [0.1, 0.15) is 11.3 Å². The summed E-state index contributed by atoms with van der Waals surface area (Å²) >= 11 is -0.283. The van der Waals surface area contributed by atoms with Crippen molar-refractivity contribution in [2.24, 2.45) is 0 Å². The van der Waals surface area contributed by atoms with Crippen LogP contribution in [0.15, 0.2) is 76.4 Å². The Morgan fingerprint density at radius 1 is 0.968 bits per heavy atom. The van der Waals surface area contributed by atoms with Crippen LogP contribution in [-0.2, 0) is 0 Å². The molecule has 4 rings (SSSR count). The van der Waals surface area contributed by atoms with Gasteiger partial charge in [0.25, 0.3) is 5.91 Å². The highest BCUT2D eigenvalue weighted by Gasteiger charge is 2.29. The third-order valence-corrected chi connectivity index (χ3v) is 4.88. The molecule has 31 heavy (non-hydrogen) atoms. The Morgan fingerprint density at radius 3 is 2.55 bits per heavy atom. The van der Waals surface area contributed by atoms with E-state index in [1.54, 1.807) is 42.5 Å². The molecule has 158 valence electrons. The predicted molar refractivity (Wildman–Crippen MR) is 112 cm³/mol. The van der Waals surface area contributed by atoms with Crippen molar-refractivity contribution in [3.05, 3.63) is 82.8 Å². The second-order valence-electron chi connectivity index (χ2n) is 6.42. The molecule has 6 nitrogen and oxygen atoms in total. The molecule has 0 aliphatic carbocycles. The fourth-order valence-electron chi connectivity index (χ4n) is 2.92. The number of para-hydroxylation sites is 1. The van der Waals surface area contributed by atoms with Crippen LogP contribution in [0.1, 0.15) is 10.4 Å². The summed E-state index contributed by atoms with van der Waals surface area (Å²) in [6.07, 6.45) is 0. The fraction of sp³-hybridized carbons (Fsp3) is 0.0476. The van der Waals surface area contributed by atoms with Gasteiger partial charge in [-0.3, -0.25) is 4.79 Å². The summed E-state index contributed by atoms with van der Waals surface area (Å²) in [6.45, 7) is 0. The van der Waals surface area contributed by atoms with Crippen LogP contribution in [-0.4, -0.2) is 21.4 Å². The van der Waals surface area contributed by atoms with Crippen molar-refractivity contribution in [3.63, 3.8) is 0 Å². The highest BCUT2D eigenvalue weighted by Crippen LogP contribution is 2.37. The van der Waals surface area contributed by atoms with Crippen molar-refractivity contribution in [2.45, 2.75) is 10.4 Å². The largest absolute Gasteiger partial charge is 0.455 e. The number of carbonyl (C=O) groups is 1. The first-order valence-corrected chi connectivity index (χ1v) is 9.74. The van der Waals surface area contributed by atoms with E-state index in [0.29, 0.717) is 28.2 Å². The number of halogens is 3. The Kier molecular flexibility index (Phi) is 5.47. The zero-order valence-electron chi connectivity index (χ0n) is 15.6. The lowest BCUT2D eigenvalue weighted by Crippen LogP contribution is -2.12. The number of ether oxygens (including phenoxy) is 1. The molecule has 10 heteroatoms. The topological polar surface area (TPSA) is 87.0 Å². The zero-order chi connectivity index (χ0) is 22.0. The first-order valence-electron chi connectivity index (χ1n) is 8.93. The molecule has 0 radical (unpaired) electrons. The number of amides is 1. The molecule has 0 saturated heterocycles. The quantitative estimate of drug-likeness (QED) is 0.354. The maximum Gasteiger partial charge on any atom is 0.446 e. The van der Waals surface area contributed by atoms with Gasteiger partial charge < -0.3 is 20.0 Å². The predicted octanol–water partition coefficient (Wildman–Crippen LogP) is 5.51. The molecule has 0 aliphatic heterocycles. The number of imidazole rings is 1. The van der Waals surface area contributed by atoms with Crippen molar-refractivity contribution in [2.75, 3.05) is 5.32 Å². The number of aromatic amines is 2. The molecule has 3 N–H and O–H groups in total. The van der Waals surface area contributed by atoms with Crippen LogP contribution in [0.2, 0.25) is 0 Å². The average Bonchev–Trinajstić information content (AvgIpc) is 3.08. The molecule has 0 spiro atoms. The van der Waals surface area contributed by atoms with Crippen LogP contribution >= 0.6 is 11.8 Å². The van der Waals surface area contributed by atoms with E-state index < -0.39 is 11.4 Å². The molecule has 3 aromatic carbocycles. The SMILES string of the molecule is O=C(Nc1cccc(Oc2cccc3[nH]c(=O)[nH]c23)c1)c1cccc(SC(F)(F)F)c1. The number of nitrogens with one attached hydrogen (secondary N) is 3. The van der Waals surface area contributed by atoms with Gasteiger partial charge in [-0.05, 0) is 54.2 Å². The fourth-order valence-corrected chi connectivity index (χ4v) is 3.52. The van der Waals surface area contributed by atoms with E-state index in [-0.39, 0.29) is 27.9 Å². The lowest BCUT2D eigenvalue weighted by molar-refractivity contribution is -0.0328. The number of benzene rings is 3. The minimum Gasteiger partial charge on any atom is -0.455 e. The summed E-state index contributed by atoms with van der Waals surface area (Å²) in [5, 5.41) is 2.64. The van der Waals surface area contributed by atoms with Gasteiger partial charge in [-0.2, -0.15) is 13.2 Å². The molecule has 0 fully saturated rings. The number of H-pyrrole nitrogens is 2. The maximum atomic E-state index is 12.6. The first kappa shape index (κ1) is 20.6. The minimum absolute atomic E-state index is 0.0779. The zero-order valence-corrected chi connectivity index (χ0v) is 16.4. The summed E-state index contributed by atoms with van der Waals surface area (Å²) in [4.78, 5) is 29.2. The Morgan fingerprint density at radius 2 is 1.74 bits per heavy atom. The molecule has 0 unspecified atom stereocenters. The van der Waals surface area contributed by atoms with Crippen LogP contribution in [0.5, 0.6) is 11.5 Å². The Labute approximate surface area is 177 Å². The summed E-state index contributed by atoms with van der Waals surface area (Å²) < 4.78 is 43.5. The van der Waals surface area contributed by atoms with Crippen molar-refractivity contribution in [1.82, 2.24) is 9.97 Å². The third kappa shape index (κ3) is 5.10. The second kappa shape index (κ2) is 8.23. The van der Waals surface area contributed by atoms with Gasteiger partial charge in [0.15, 0.2) is 5.75 Å². The second-order valence-corrected chi connectivity index (χ2v) is 7.56. The number of hydrogen-bond acceptors (Lipinski definition) is 4. The first-order chi connectivity index (χ1) is 14.8. The monoisotopic (exact) mass is 445 g/mol. The number of fused-ring (bicyclic) bond motifs is 1. The molecule has 0 bridgehead atoms. The smallest absolute Gasteiger partial charge is 0.446 e. The van der Waals surface area contributed by atoms with E-state index in [2.05, 4.69) is 15.3 Å². The van der Waals surface area contributed by atoms with E-state index in [0.717, 1.165) is 0 Å². The number of thioether (sulfide) groups is 1. The van der Waals surface area contributed by atoms with Gasteiger partial charge in [0.05, 0.1) is 5.52 Å². The highest BCUT2D eigenvalue weighted by molar-refractivity contribution is 8.00. The van der Waals surface area contributed by atoms with Crippen molar-refractivity contribution in [3.8, 4) is 11.5 Å². The standard InChI is InChI=1S/C21H14F3N3O3S/c22-21(23,24)31-15-7-1-4-12(10-15)19(28)25-13-5-2-6-14(11-13)30-17-9-3-8-16-18(17)27-20(29)26-16/h1-11H,(H,25,28)(H2,26,27,29). The van der Waals surface area contributed by atoms with E-state index >= 15 is 0 Å². The summed E-state index contributed by atoms with van der Waals surface area (Å²) in [6, 6.07) is 16.9. The van der Waals surface area contributed by atoms with Gasteiger partial charge in [-0.25, -0.2) is 4.79 Å². The van der Waals surface area contributed by atoms with Gasteiger partial charge >= 0.3 is 11.2 Å². The molecule has 0 aliphatic rings. The molecular formula is C21H14F3N3O3S. The molecule has 0 atom stereocenters. The number of alkyl halides is 3. The summed E-state index contributed by atoms with van der Waals surface area (Å²) in [7, 11) is 0. The maximum absolute atomic E-state index is 12.6. The highest BCUT2D eigenvalue weighted by atomic mass is 32.2. The molecule has 1 aromatic heterocycles. The van der Waals surface area contributed by atoms with Crippen molar-refractivity contribution >= 4 is 34.4 Å². The molecule has 4 aromatic rings. The van der Waals surface area contributed by atoms with Crippen molar-refractivity contribution in [1.29, 1.82) is 0 Å². The molecule has 1 amide bonds. The van der Waals surface area contributed by atoms with Gasteiger partial charge in [0, 0.05) is 22.2 Å². The van der Waals surface area contributed by atoms with Crippen LogP contribution in [0.25, 0.3) is 11.0 Å². The Bertz CT molecular complexity index is 1310. The van der Waals surface area contributed by atoms with Crippen LogP contribution < -0.4 is 15.7 Å². The summed E-state index contributed by atoms with van der Waals surface area (Å²) in [5.74, 6) is 0.253. The Balaban J connectivity index is 1.52. The lowest BCUT2D eigenvalue weighted by atomic mass is 10.2. The van der Waals surface area contributed by atoms with Gasteiger partial charge in [-0.15, -0.1) is 0 Å². The normalized spacial score (nSPS) is 11.5.